The van der Waals surface area contributed by atoms with Crippen LogP contribution in [0.4, 0.5) is 11.8 Å². The fraction of sp³-hybridized carbons (Fsp3) is 0.476. The van der Waals surface area contributed by atoms with E-state index < -0.39 is 0 Å². The molecule has 1 aliphatic carbocycles. The highest BCUT2D eigenvalue weighted by molar-refractivity contribution is 5.94. The van der Waals surface area contributed by atoms with Crippen molar-refractivity contribution in [2.24, 2.45) is 0 Å². The first-order valence-corrected chi connectivity index (χ1v) is 9.85. The largest absolute Gasteiger partial charge is 0.384 e. The first kappa shape index (κ1) is 20.1. The summed E-state index contributed by atoms with van der Waals surface area (Å²) in [4.78, 5) is 22.8. The lowest BCUT2D eigenvalue weighted by Crippen LogP contribution is -2.25. The van der Waals surface area contributed by atoms with Gasteiger partial charge in [0, 0.05) is 44.4 Å². The van der Waals surface area contributed by atoms with Gasteiger partial charge in [-0.05, 0) is 31.4 Å². The zero-order chi connectivity index (χ0) is 19.9. The van der Waals surface area contributed by atoms with Gasteiger partial charge in [0.2, 0.25) is 5.95 Å². The van der Waals surface area contributed by atoms with Crippen LogP contribution in [0.2, 0.25) is 0 Å². The Morgan fingerprint density at radius 3 is 2.61 bits per heavy atom. The van der Waals surface area contributed by atoms with E-state index in [2.05, 4.69) is 15.3 Å². The Kier molecular flexibility index (Phi) is 6.81. The van der Waals surface area contributed by atoms with Crippen molar-refractivity contribution in [2.45, 2.75) is 38.2 Å². The van der Waals surface area contributed by atoms with E-state index in [-0.39, 0.29) is 5.91 Å². The number of nitrogens with zero attached hydrogens (tertiary/aromatic N) is 3. The molecule has 1 aliphatic rings. The molecular weight excluding hydrogens is 354 g/mol. The number of ether oxygens (including phenoxy) is 1. The van der Waals surface area contributed by atoms with Crippen LogP contribution < -0.4 is 16.0 Å². The number of carbonyl (C=O) groups is 1. The van der Waals surface area contributed by atoms with Gasteiger partial charge >= 0.3 is 0 Å². The maximum absolute atomic E-state index is 12.3. The second-order valence-electron chi connectivity index (χ2n) is 7.34. The Balaban J connectivity index is 1.51. The van der Waals surface area contributed by atoms with Gasteiger partial charge in [-0.2, -0.15) is 4.98 Å². The van der Waals surface area contributed by atoms with Crippen LogP contribution in [-0.2, 0) is 4.74 Å². The molecule has 0 unspecified atom stereocenters. The average Bonchev–Trinajstić information content (AvgIpc) is 3.20. The number of nitrogens with one attached hydrogen (secondary N) is 1. The molecule has 0 saturated heterocycles. The fourth-order valence-electron chi connectivity index (χ4n) is 3.27. The van der Waals surface area contributed by atoms with Crippen molar-refractivity contribution >= 4 is 17.7 Å². The van der Waals surface area contributed by atoms with Crippen LogP contribution in [0.5, 0.6) is 0 Å². The molecule has 2 aromatic rings. The quantitative estimate of drug-likeness (QED) is 0.681. The summed E-state index contributed by atoms with van der Waals surface area (Å²) in [5.41, 5.74) is 8.12. The van der Waals surface area contributed by atoms with Gasteiger partial charge < -0.3 is 20.7 Å². The predicted octanol–water partition coefficient (Wildman–Crippen LogP) is 2.87. The van der Waals surface area contributed by atoms with Crippen molar-refractivity contribution in [2.75, 3.05) is 37.9 Å². The number of rotatable bonds is 8. The molecule has 0 spiro atoms. The van der Waals surface area contributed by atoms with Gasteiger partial charge in [0.1, 0.15) is 5.82 Å². The molecule has 0 aliphatic heterocycles. The molecule has 1 aromatic heterocycles. The van der Waals surface area contributed by atoms with Gasteiger partial charge in [0.05, 0.1) is 11.8 Å². The number of benzene rings is 1. The Morgan fingerprint density at radius 1 is 1.21 bits per heavy atom. The maximum Gasteiger partial charge on any atom is 0.251 e. The third kappa shape index (κ3) is 5.42. The summed E-state index contributed by atoms with van der Waals surface area (Å²) in [5.74, 6) is 0.885. The molecule has 1 amide bonds. The van der Waals surface area contributed by atoms with E-state index in [1.54, 1.807) is 23.1 Å². The molecule has 1 fully saturated rings. The van der Waals surface area contributed by atoms with Gasteiger partial charge in [-0.3, -0.25) is 4.79 Å². The van der Waals surface area contributed by atoms with E-state index in [0.717, 1.165) is 17.7 Å². The zero-order valence-corrected chi connectivity index (χ0v) is 16.6. The summed E-state index contributed by atoms with van der Waals surface area (Å²) in [6.45, 7) is 1.31. The van der Waals surface area contributed by atoms with E-state index in [1.165, 1.54) is 25.7 Å². The number of nitrogens with two attached hydrogens (primary N) is 1. The van der Waals surface area contributed by atoms with Gasteiger partial charge in [0.25, 0.3) is 5.91 Å². The number of aromatic nitrogens is 2. The average molecular weight is 383 g/mol. The molecule has 0 atom stereocenters. The maximum atomic E-state index is 12.3. The lowest BCUT2D eigenvalue weighted by molar-refractivity contribution is 0.0565. The third-order valence-corrected chi connectivity index (χ3v) is 4.84. The van der Waals surface area contributed by atoms with Crippen molar-refractivity contribution in [3.8, 4) is 11.3 Å². The number of hydrogen-bond acceptors (Lipinski definition) is 6. The summed E-state index contributed by atoms with van der Waals surface area (Å²) < 4.78 is 5.81. The van der Waals surface area contributed by atoms with Gasteiger partial charge in [-0.1, -0.05) is 25.0 Å². The van der Waals surface area contributed by atoms with Gasteiger partial charge in [-0.25, -0.2) is 4.98 Å². The lowest BCUT2D eigenvalue weighted by Gasteiger charge is -2.12. The van der Waals surface area contributed by atoms with E-state index in [4.69, 9.17) is 10.5 Å². The van der Waals surface area contributed by atoms with E-state index in [1.807, 2.05) is 26.2 Å². The number of hydrogen-bond donors (Lipinski definition) is 2. The predicted molar refractivity (Wildman–Crippen MR) is 111 cm³/mol. The van der Waals surface area contributed by atoms with E-state index in [9.17, 15) is 4.79 Å². The normalized spacial score (nSPS) is 14.2. The monoisotopic (exact) mass is 383 g/mol. The number of anilines is 2. The molecule has 3 N–H and O–H groups in total. The van der Waals surface area contributed by atoms with Crippen LogP contribution in [0.3, 0.4) is 0 Å². The van der Waals surface area contributed by atoms with Crippen molar-refractivity contribution in [3.05, 3.63) is 35.9 Å². The van der Waals surface area contributed by atoms with Crippen molar-refractivity contribution < 1.29 is 9.53 Å². The molecule has 3 rings (SSSR count). The molecule has 0 bridgehead atoms. The summed E-state index contributed by atoms with van der Waals surface area (Å²) in [7, 11) is 3.73. The molecule has 1 heterocycles. The molecular formula is C21H29N5O2. The van der Waals surface area contributed by atoms with Crippen LogP contribution >= 0.6 is 0 Å². The molecule has 0 radical (unpaired) electrons. The summed E-state index contributed by atoms with van der Waals surface area (Å²) >= 11 is 0. The van der Waals surface area contributed by atoms with Crippen LogP contribution in [0.15, 0.2) is 30.3 Å². The molecule has 28 heavy (non-hydrogen) atoms. The Morgan fingerprint density at radius 2 is 1.93 bits per heavy atom. The Bertz CT molecular complexity index is 786. The van der Waals surface area contributed by atoms with Crippen molar-refractivity contribution in [1.82, 2.24) is 15.3 Å². The Hall–Kier alpha value is -2.67. The smallest absolute Gasteiger partial charge is 0.251 e. The van der Waals surface area contributed by atoms with Gasteiger partial charge in [-0.15, -0.1) is 0 Å². The van der Waals surface area contributed by atoms with Crippen LogP contribution in [0.1, 0.15) is 42.5 Å². The second-order valence-corrected chi connectivity index (χ2v) is 7.34. The molecule has 150 valence electrons. The second kappa shape index (κ2) is 9.50. The Labute approximate surface area is 166 Å². The first-order chi connectivity index (χ1) is 13.5. The standard InChI is InChI=1S/C21H29N5O2/c1-26(2)21-24-18(14-19(22)25-21)15-8-10-16(11-9-15)20(27)23-12-5-13-28-17-6-3-4-7-17/h8-11,14,17H,3-7,12-13H2,1-2H3,(H,23,27)(H2,22,24,25). The molecule has 7 nitrogen and oxygen atoms in total. The minimum atomic E-state index is -0.0800. The minimum absolute atomic E-state index is 0.0800. The minimum Gasteiger partial charge on any atom is -0.384 e. The fourth-order valence-corrected chi connectivity index (χ4v) is 3.27. The third-order valence-electron chi connectivity index (χ3n) is 4.84. The molecule has 7 heteroatoms. The van der Waals surface area contributed by atoms with E-state index in [0.29, 0.717) is 36.6 Å². The van der Waals surface area contributed by atoms with Crippen molar-refractivity contribution in [3.63, 3.8) is 0 Å². The van der Waals surface area contributed by atoms with Crippen LogP contribution in [0.25, 0.3) is 11.3 Å². The highest BCUT2D eigenvalue weighted by Crippen LogP contribution is 2.22. The van der Waals surface area contributed by atoms with E-state index >= 15 is 0 Å². The number of nitrogen functional groups attached to an aromatic ring is 1. The first-order valence-electron chi connectivity index (χ1n) is 9.85. The van der Waals surface area contributed by atoms with Crippen molar-refractivity contribution in [1.29, 1.82) is 0 Å². The summed E-state index contributed by atoms with van der Waals surface area (Å²) in [6, 6.07) is 9.08. The zero-order valence-electron chi connectivity index (χ0n) is 16.6. The molecule has 1 saturated carbocycles. The summed E-state index contributed by atoms with van der Waals surface area (Å²) in [5, 5.41) is 2.95. The number of amides is 1. The highest BCUT2D eigenvalue weighted by Gasteiger charge is 2.14. The number of carbonyl (C=O) groups excluding carboxylic acids is 1. The summed E-state index contributed by atoms with van der Waals surface area (Å²) in [6.07, 6.45) is 6.14. The topological polar surface area (TPSA) is 93.4 Å². The lowest BCUT2D eigenvalue weighted by atomic mass is 10.1. The van der Waals surface area contributed by atoms with Crippen LogP contribution in [0, 0.1) is 0 Å². The van der Waals surface area contributed by atoms with Crippen LogP contribution in [-0.4, -0.2) is 49.2 Å². The highest BCUT2D eigenvalue weighted by atomic mass is 16.5. The van der Waals surface area contributed by atoms with Gasteiger partial charge in [0.15, 0.2) is 0 Å². The SMILES string of the molecule is CN(C)c1nc(N)cc(-c2ccc(C(=O)NCCCOC3CCCC3)cc2)n1. The molecule has 1 aromatic carbocycles.